The molecule has 1 fully saturated rings. The van der Waals surface area contributed by atoms with Crippen LogP contribution in [0.4, 0.5) is 5.69 Å². The lowest BCUT2D eigenvalue weighted by molar-refractivity contribution is -0.128. The Morgan fingerprint density at radius 3 is 2.59 bits per heavy atom. The van der Waals surface area contributed by atoms with E-state index in [-0.39, 0.29) is 11.8 Å². The normalized spacial score (nSPS) is 14.0. The van der Waals surface area contributed by atoms with Crippen LogP contribution in [0.15, 0.2) is 66.7 Å². The van der Waals surface area contributed by atoms with Gasteiger partial charge in [0.2, 0.25) is 5.91 Å². The maximum Gasteiger partial charge on any atom is 0.258 e. The minimum absolute atomic E-state index is 0.0557. The van der Waals surface area contributed by atoms with Gasteiger partial charge in [-0.2, -0.15) is 0 Å². The van der Waals surface area contributed by atoms with Crippen LogP contribution in [-0.2, 0) is 11.3 Å². The van der Waals surface area contributed by atoms with E-state index in [9.17, 15) is 9.59 Å². The molecule has 0 N–H and O–H groups in total. The van der Waals surface area contributed by atoms with E-state index in [4.69, 9.17) is 0 Å². The maximum atomic E-state index is 13.0. The molecule has 0 saturated carbocycles. The first-order valence-corrected chi connectivity index (χ1v) is 9.25. The van der Waals surface area contributed by atoms with Gasteiger partial charge in [0.25, 0.3) is 5.91 Å². The van der Waals surface area contributed by atoms with E-state index in [0.29, 0.717) is 18.5 Å². The van der Waals surface area contributed by atoms with E-state index in [0.717, 1.165) is 35.0 Å². The van der Waals surface area contributed by atoms with Crippen molar-refractivity contribution in [2.75, 3.05) is 18.5 Å². The Bertz CT molecular complexity index is 1010. The highest BCUT2D eigenvalue weighted by atomic mass is 16.2. The van der Waals surface area contributed by atoms with E-state index >= 15 is 0 Å². The zero-order valence-electron chi connectivity index (χ0n) is 15.4. The highest BCUT2D eigenvalue weighted by molar-refractivity contribution is 6.06. The van der Waals surface area contributed by atoms with Crippen LogP contribution in [0.25, 0.3) is 10.8 Å². The van der Waals surface area contributed by atoms with Crippen molar-refractivity contribution in [1.82, 2.24) is 4.90 Å². The summed E-state index contributed by atoms with van der Waals surface area (Å²) in [6.07, 6.45) is 1.55. The van der Waals surface area contributed by atoms with Crippen molar-refractivity contribution in [3.8, 4) is 0 Å². The molecule has 0 aliphatic carbocycles. The fourth-order valence-corrected chi connectivity index (χ4v) is 3.59. The topological polar surface area (TPSA) is 40.6 Å². The molecule has 136 valence electrons. The van der Waals surface area contributed by atoms with Gasteiger partial charge in [0.1, 0.15) is 0 Å². The Hall–Kier alpha value is -3.14. The molecular formula is C23H22N2O2. The minimum Gasteiger partial charge on any atom is -0.338 e. The summed E-state index contributed by atoms with van der Waals surface area (Å²) in [5.74, 6) is 0.139. The van der Waals surface area contributed by atoms with E-state index < -0.39 is 0 Å². The third-order valence-corrected chi connectivity index (χ3v) is 5.14. The Kier molecular flexibility index (Phi) is 4.63. The number of carbonyl (C=O) groups excluding carboxylic acids is 2. The first-order valence-electron chi connectivity index (χ1n) is 9.25. The second kappa shape index (κ2) is 7.23. The zero-order valence-corrected chi connectivity index (χ0v) is 15.4. The van der Waals surface area contributed by atoms with Gasteiger partial charge >= 0.3 is 0 Å². The molecule has 3 aromatic carbocycles. The fourth-order valence-electron chi connectivity index (χ4n) is 3.59. The summed E-state index contributed by atoms with van der Waals surface area (Å²) in [5, 5.41) is 2.26. The first kappa shape index (κ1) is 17.3. The molecular weight excluding hydrogens is 336 g/mol. The molecule has 0 unspecified atom stereocenters. The quantitative estimate of drug-likeness (QED) is 0.700. The van der Waals surface area contributed by atoms with Crippen molar-refractivity contribution in [2.24, 2.45) is 0 Å². The van der Waals surface area contributed by atoms with Crippen molar-refractivity contribution in [3.05, 3.63) is 77.9 Å². The third-order valence-electron chi connectivity index (χ3n) is 5.14. The van der Waals surface area contributed by atoms with Gasteiger partial charge in [-0.25, -0.2) is 0 Å². The summed E-state index contributed by atoms with van der Waals surface area (Å²) < 4.78 is 0. The van der Waals surface area contributed by atoms with Gasteiger partial charge in [-0.1, -0.05) is 42.5 Å². The van der Waals surface area contributed by atoms with E-state index in [1.165, 1.54) is 0 Å². The van der Waals surface area contributed by atoms with Crippen LogP contribution in [0.3, 0.4) is 0 Å². The van der Waals surface area contributed by atoms with Crippen molar-refractivity contribution in [1.29, 1.82) is 0 Å². The van der Waals surface area contributed by atoms with Crippen LogP contribution in [0.5, 0.6) is 0 Å². The summed E-state index contributed by atoms with van der Waals surface area (Å²) in [7, 11) is 1.79. The predicted molar refractivity (Wildman–Crippen MR) is 108 cm³/mol. The maximum absolute atomic E-state index is 13.0. The number of carbonyl (C=O) groups is 2. The van der Waals surface area contributed by atoms with Crippen LogP contribution in [0.2, 0.25) is 0 Å². The highest BCUT2D eigenvalue weighted by Crippen LogP contribution is 2.23. The molecule has 4 heteroatoms. The Morgan fingerprint density at radius 2 is 1.81 bits per heavy atom. The molecule has 0 spiro atoms. The van der Waals surface area contributed by atoms with Gasteiger partial charge < -0.3 is 9.80 Å². The van der Waals surface area contributed by atoms with Crippen LogP contribution in [-0.4, -0.2) is 30.3 Å². The molecule has 0 radical (unpaired) electrons. The molecule has 27 heavy (non-hydrogen) atoms. The number of hydrogen-bond acceptors (Lipinski definition) is 2. The number of benzene rings is 3. The number of hydrogen-bond donors (Lipinski definition) is 0. The molecule has 0 bridgehead atoms. The average Bonchev–Trinajstić information content (AvgIpc) is 3.11. The monoisotopic (exact) mass is 358 g/mol. The van der Waals surface area contributed by atoms with Gasteiger partial charge in [-0.3, -0.25) is 9.59 Å². The molecule has 1 aliphatic rings. The van der Waals surface area contributed by atoms with E-state index in [2.05, 4.69) is 6.07 Å². The molecule has 1 heterocycles. The highest BCUT2D eigenvalue weighted by Gasteiger charge is 2.21. The van der Waals surface area contributed by atoms with Gasteiger partial charge in [0, 0.05) is 37.8 Å². The van der Waals surface area contributed by atoms with Crippen LogP contribution >= 0.6 is 0 Å². The van der Waals surface area contributed by atoms with Crippen LogP contribution in [0.1, 0.15) is 28.8 Å². The molecule has 1 saturated heterocycles. The summed E-state index contributed by atoms with van der Waals surface area (Å²) in [4.78, 5) is 28.4. The Labute approximate surface area is 159 Å². The minimum atomic E-state index is -0.0557. The van der Waals surface area contributed by atoms with Crippen molar-refractivity contribution < 1.29 is 9.59 Å². The predicted octanol–water partition coefficient (Wildman–Crippen LogP) is 4.24. The number of amides is 2. The van der Waals surface area contributed by atoms with Gasteiger partial charge in [0.05, 0.1) is 0 Å². The number of rotatable bonds is 4. The Balaban J connectivity index is 1.55. The summed E-state index contributed by atoms with van der Waals surface area (Å²) in [5.41, 5.74) is 2.48. The summed E-state index contributed by atoms with van der Waals surface area (Å²) in [6, 6.07) is 21.7. The second-order valence-electron chi connectivity index (χ2n) is 7.01. The number of fused-ring (bicyclic) bond motifs is 1. The number of anilines is 1. The van der Waals surface area contributed by atoms with Crippen LogP contribution < -0.4 is 4.90 Å². The van der Waals surface area contributed by atoms with E-state index in [1.807, 2.05) is 65.6 Å². The lowest BCUT2D eigenvalue weighted by atomic mass is 10.1. The summed E-state index contributed by atoms with van der Waals surface area (Å²) >= 11 is 0. The lowest BCUT2D eigenvalue weighted by Gasteiger charge is -2.19. The fraction of sp³-hybridized carbons (Fsp3) is 0.217. The standard InChI is InChI=1S/C23H22N2O2/c1-24(21-12-11-18-7-2-3-8-19(18)15-21)23(27)20-9-4-6-17(14-20)16-25-13-5-10-22(25)26/h2-4,6-9,11-12,14-15H,5,10,13,16H2,1H3. The lowest BCUT2D eigenvalue weighted by Crippen LogP contribution is -2.27. The average molecular weight is 358 g/mol. The number of nitrogens with zero attached hydrogens (tertiary/aromatic N) is 2. The second-order valence-corrected chi connectivity index (χ2v) is 7.01. The molecule has 2 amide bonds. The first-order chi connectivity index (χ1) is 13.1. The van der Waals surface area contributed by atoms with Crippen LogP contribution in [0, 0.1) is 0 Å². The SMILES string of the molecule is CN(C(=O)c1cccc(CN2CCCC2=O)c1)c1ccc2ccccc2c1. The zero-order chi connectivity index (χ0) is 18.8. The van der Waals surface area contributed by atoms with Gasteiger partial charge in [-0.05, 0) is 47.0 Å². The number of likely N-dealkylation sites (tertiary alicyclic amines) is 1. The third kappa shape index (κ3) is 3.56. The molecule has 3 aromatic rings. The van der Waals surface area contributed by atoms with Crippen molar-refractivity contribution in [3.63, 3.8) is 0 Å². The van der Waals surface area contributed by atoms with Gasteiger partial charge in [-0.15, -0.1) is 0 Å². The van der Waals surface area contributed by atoms with E-state index in [1.54, 1.807) is 11.9 Å². The molecule has 4 nitrogen and oxygen atoms in total. The van der Waals surface area contributed by atoms with Crippen molar-refractivity contribution in [2.45, 2.75) is 19.4 Å². The Morgan fingerprint density at radius 1 is 1.00 bits per heavy atom. The smallest absolute Gasteiger partial charge is 0.258 e. The van der Waals surface area contributed by atoms with Gasteiger partial charge in [0.15, 0.2) is 0 Å². The molecule has 4 rings (SSSR count). The molecule has 0 aromatic heterocycles. The molecule has 1 aliphatic heterocycles. The largest absolute Gasteiger partial charge is 0.338 e. The van der Waals surface area contributed by atoms with Crippen molar-refractivity contribution >= 4 is 28.3 Å². The molecule has 0 atom stereocenters. The summed E-state index contributed by atoms with van der Waals surface area (Å²) in [6.45, 7) is 1.37.